The fraction of sp³-hybridized carbons (Fsp3) is 0.409. The van der Waals surface area contributed by atoms with E-state index in [1.54, 1.807) is 58.0 Å². The SMILES string of the molecule is COc1cc(C)c(S(=O)(=O)N(Cc2ccc3c(c2)OCO3)C(C(N)=O)C(C)C)c(C)c1. The lowest BCUT2D eigenvalue weighted by atomic mass is 10.0. The summed E-state index contributed by atoms with van der Waals surface area (Å²) in [6.45, 7) is 7.01. The topological polar surface area (TPSA) is 108 Å². The summed E-state index contributed by atoms with van der Waals surface area (Å²) < 4.78 is 45.0. The van der Waals surface area contributed by atoms with Crippen LogP contribution in [0.3, 0.4) is 0 Å². The monoisotopic (exact) mass is 448 g/mol. The van der Waals surface area contributed by atoms with E-state index in [-0.39, 0.29) is 24.2 Å². The number of amides is 1. The molecule has 9 heteroatoms. The molecule has 1 heterocycles. The molecule has 0 saturated carbocycles. The Morgan fingerprint density at radius 1 is 1.13 bits per heavy atom. The molecular formula is C22H28N2O6S. The van der Waals surface area contributed by atoms with Crippen molar-refractivity contribution < 1.29 is 27.4 Å². The third kappa shape index (κ3) is 4.47. The number of hydrogen-bond donors (Lipinski definition) is 1. The van der Waals surface area contributed by atoms with E-state index >= 15 is 0 Å². The molecule has 0 radical (unpaired) electrons. The number of aryl methyl sites for hydroxylation is 2. The van der Waals surface area contributed by atoms with Gasteiger partial charge in [0, 0.05) is 6.54 Å². The first-order valence-corrected chi connectivity index (χ1v) is 11.3. The fourth-order valence-corrected chi connectivity index (χ4v) is 6.04. The van der Waals surface area contributed by atoms with Gasteiger partial charge in [-0.2, -0.15) is 4.31 Å². The molecule has 0 saturated heterocycles. The predicted molar refractivity (Wildman–Crippen MR) is 116 cm³/mol. The number of ether oxygens (including phenoxy) is 3. The van der Waals surface area contributed by atoms with Crippen LogP contribution in [0.25, 0.3) is 0 Å². The third-order valence-corrected chi connectivity index (χ3v) is 7.38. The Bertz CT molecular complexity index is 1070. The number of fused-ring (bicyclic) bond motifs is 1. The molecule has 168 valence electrons. The van der Waals surface area contributed by atoms with E-state index in [0.717, 1.165) is 0 Å². The summed E-state index contributed by atoms with van der Waals surface area (Å²) in [6.07, 6.45) is 0. The zero-order chi connectivity index (χ0) is 22.9. The van der Waals surface area contributed by atoms with Gasteiger partial charge < -0.3 is 19.9 Å². The molecular weight excluding hydrogens is 420 g/mol. The number of sulfonamides is 1. The average molecular weight is 449 g/mol. The van der Waals surface area contributed by atoms with Gasteiger partial charge in [0.25, 0.3) is 0 Å². The summed E-state index contributed by atoms with van der Waals surface area (Å²) in [5.41, 5.74) is 7.38. The van der Waals surface area contributed by atoms with E-state index in [9.17, 15) is 13.2 Å². The Balaban J connectivity index is 2.13. The Labute approximate surface area is 182 Å². The Morgan fingerprint density at radius 2 is 1.74 bits per heavy atom. The van der Waals surface area contributed by atoms with Crippen LogP contribution in [0.4, 0.5) is 0 Å². The first kappa shape index (κ1) is 22.9. The first-order valence-electron chi connectivity index (χ1n) is 9.91. The standard InChI is InChI=1S/C22H28N2O6S/c1-13(2)20(22(23)25)24(11-16-6-7-18-19(10-16)30-12-29-18)31(26,27)21-14(3)8-17(28-5)9-15(21)4/h6-10,13,20H,11-12H2,1-5H3,(H2,23,25). The first-order chi connectivity index (χ1) is 14.6. The van der Waals surface area contributed by atoms with Crippen LogP contribution in [0, 0.1) is 19.8 Å². The highest BCUT2D eigenvalue weighted by Gasteiger charge is 2.38. The second kappa shape index (κ2) is 8.76. The van der Waals surface area contributed by atoms with Gasteiger partial charge in [0.05, 0.1) is 12.0 Å². The van der Waals surface area contributed by atoms with Crippen molar-refractivity contribution in [2.45, 2.75) is 45.2 Å². The average Bonchev–Trinajstić information content (AvgIpc) is 3.13. The van der Waals surface area contributed by atoms with Crippen LogP contribution < -0.4 is 19.9 Å². The van der Waals surface area contributed by atoms with E-state index in [4.69, 9.17) is 19.9 Å². The molecule has 1 aliphatic heterocycles. The van der Waals surface area contributed by atoms with Gasteiger partial charge in [0.15, 0.2) is 11.5 Å². The fourth-order valence-electron chi connectivity index (χ4n) is 3.91. The highest BCUT2D eigenvalue weighted by Crippen LogP contribution is 2.35. The summed E-state index contributed by atoms with van der Waals surface area (Å²) in [5, 5.41) is 0. The van der Waals surface area contributed by atoms with Crippen LogP contribution in [0.2, 0.25) is 0 Å². The van der Waals surface area contributed by atoms with Crippen LogP contribution in [-0.4, -0.2) is 38.6 Å². The van der Waals surface area contributed by atoms with Crippen LogP contribution in [0.1, 0.15) is 30.5 Å². The maximum atomic E-state index is 13.9. The molecule has 1 atom stereocenters. The van der Waals surface area contributed by atoms with Crippen molar-refractivity contribution in [1.82, 2.24) is 4.31 Å². The zero-order valence-corrected chi connectivity index (χ0v) is 19.2. The van der Waals surface area contributed by atoms with Crippen LogP contribution in [0.5, 0.6) is 17.2 Å². The maximum absolute atomic E-state index is 13.9. The molecule has 0 bridgehead atoms. The van der Waals surface area contributed by atoms with Gasteiger partial charge in [-0.15, -0.1) is 0 Å². The van der Waals surface area contributed by atoms with Crippen LogP contribution in [-0.2, 0) is 21.4 Å². The molecule has 8 nitrogen and oxygen atoms in total. The molecule has 1 unspecified atom stereocenters. The van der Waals surface area contributed by atoms with Gasteiger partial charge in [0.1, 0.15) is 11.8 Å². The van der Waals surface area contributed by atoms with Crippen molar-refractivity contribution in [2.75, 3.05) is 13.9 Å². The van der Waals surface area contributed by atoms with Crippen LogP contribution in [0.15, 0.2) is 35.2 Å². The number of rotatable bonds is 8. The molecule has 0 aliphatic carbocycles. The predicted octanol–water partition coefficient (Wildman–Crippen LogP) is 2.74. The van der Waals surface area contributed by atoms with E-state index in [1.165, 1.54) is 11.4 Å². The Morgan fingerprint density at radius 3 is 2.29 bits per heavy atom. The van der Waals surface area contributed by atoms with Gasteiger partial charge >= 0.3 is 0 Å². The summed E-state index contributed by atoms with van der Waals surface area (Å²) in [5.74, 6) is 0.650. The van der Waals surface area contributed by atoms with Gasteiger partial charge in [-0.3, -0.25) is 4.79 Å². The molecule has 31 heavy (non-hydrogen) atoms. The minimum absolute atomic E-state index is 0.0460. The number of methoxy groups -OCH3 is 1. The van der Waals surface area contributed by atoms with Crippen molar-refractivity contribution in [3.63, 3.8) is 0 Å². The van der Waals surface area contributed by atoms with E-state index in [1.807, 2.05) is 0 Å². The number of hydrogen-bond acceptors (Lipinski definition) is 6. The quantitative estimate of drug-likeness (QED) is 0.665. The molecule has 2 aromatic carbocycles. The van der Waals surface area contributed by atoms with E-state index < -0.39 is 22.0 Å². The molecule has 1 aliphatic rings. The van der Waals surface area contributed by atoms with E-state index in [0.29, 0.717) is 33.9 Å². The number of benzene rings is 2. The number of primary amides is 1. The van der Waals surface area contributed by atoms with Crippen molar-refractivity contribution in [1.29, 1.82) is 0 Å². The number of nitrogens with two attached hydrogens (primary N) is 1. The smallest absolute Gasteiger partial charge is 0.244 e. The van der Waals surface area contributed by atoms with Gasteiger partial charge in [-0.25, -0.2) is 8.42 Å². The number of carbonyl (C=O) groups excluding carboxylic acids is 1. The lowest BCUT2D eigenvalue weighted by Crippen LogP contribution is -2.50. The van der Waals surface area contributed by atoms with Gasteiger partial charge in [-0.05, 0) is 60.7 Å². The van der Waals surface area contributed by atoms with Crippen molar-refractivity contribution in [3.8, 4) is 17.2 Å². The largest absolute Gasteiger partial charge is 0.497 e. The molecule has 1 amide bonds. The molecule has 0 spiro atoms. The minimum Gasteiger partial charge on any atom is -0.497 e. The van der Waals surface area contributed by atoms with Crippen molar-refractivity contribution in [2.24, 2.45) is 11.7 Å². The molecule has 2 aromatic rings. The molecule has 3 rings (SSSR count). The van der Waals surface area contributed by atoms with E-state index in [2.05, 4.69) is 0 Å². The summed E-state index contributed by atoms with van der Waals surface area (Å²) >= 11 is 0. The number of nitrogens with zero attached hydrogens (tertiary/aromatic N) is 1. The second-order valence-electron chi connectivity index (χ2n) is 7.92. The second-order valence-corrected chi connectivity index (χ2v) is 9.75. The third-order valence-electron chi connectivity index (χ3n) is 5.24. The molecule has 0 fully saturated rings. The van der Waals surface area contributed by atoms with Crippen molar-refractivity contribution in [3.05, 3.63) is 47.0 Å². The lowest BCUT2D eigenvalue weighted by molar-refractivity contribution is -0.123. The Hall–Kier alpha value is -2.78. The van der Waals surface area contributed by atoms with Gasteiger partial charge in [0.2, 0.25) is 22.7 Å². The van der Waals surface area contributed by atoms with Crippen molar-refractivity contribution >= 4 is 15.9 Å². The Kier molecular flexibility index (Phi) is 6.47. The number of carbonyl (C=O) groups is 1. The van der Waals surface area contributed by atoms with Crippen LogP contribution >= 0.6 is 0 Å². The van der Waals surface area contributed by atoms with Gasteiger partial charge in [-0.1, -0.05) is 19.9 Å². The highest BCUT2D eigenvalue weighted by atomic mass is 32.2. The summed E-state index contributed by atoms with van der Waals surface area (Å²) in [4.78, 5) is 12.5. The maximum Gasteiger partial charge on any atom is 0.244 e. The molecule has 0 aromatic heterocycles. The zero-order valence-electron chi connectivity index (χ0n) is 18.3. The summed E-state index contributed by atoms with van der Waals surface area (Å²) in [6, 6.07) is 7.48. The normalized spacial score (nSPS) is 14.2. The summed E-state index contributed by atoms with van der Waals surface area (Å²) in [7, 11) is -2.56. The molecule has 2 N–H and O–H groups in total. The minimum atomic E-state index is -4.08. The lowest BCUT2D eigenvalue weighted by Gasteiger charge is -2.32. The highest BCUT2D eigenvalue weighted by molar-refractivity contribution is 7.89.